The van der Waals surface area contributed by atoms with Crippen molar-refractivity contribution in [3.63, 3.8) is 0 Å². The highest BCUT2D eigenvalue weighted by Gasteiger charge is 2.26. The molecule has 0 aliphatic carbocycles. The van der Waals surface area contributed by atoms with E-state index in [9.17, 15) is 4.79 Å². The van der Waals surface area contributed by atoms with Crippen molar-refractivity contribution in [1.82, 2.24) is 15.5 Å². The van der Waals surface area contributed by atoms with Gasteiger partial charge in [-0.3, -0.25) is 4.79 Å². The molecule has 6 heteroatoms. The monoisotopic (exact) mass is 402 g/mol. The van der Waals surface area contributed by atoms with Gasteiger partial charge in [0.2, 0.25) is 5.91 Å². The van der Waals surface area contributed by atoms with E-state index in [4.69, 9.17) is 4.74 Å². The van der Waals surface area contributed by atoms with E-state index in [1.807, 2.05) is 66.7 Å². The Balaban J connectivity index is 1.37. The van der Waals surface area contributed by atoms with Gasteiger partial charge < -0.3 is 15.0 Å². The van der Waals surface area contributed by atoms with Gasteiger partial charge in [0.25, 0.3) is 0 Å². The van der Waals surface area contributed by atoms with Crippen LogP contribution in [0.1, 0.15) is 18.4 Å². The molecular weight excluding hydrogens is 376 g/mol. The molecule has 1 unspecified atom stereocenters. The molecule has 154 valence electrons. The number of carbonyl (C=O) groups is 1. The van der Waals surface area contributed by atoms with Crippen LogP contribution in [0, 0.1) is 5.92 Å². The summed E-state index contributed by atoms with van der Waals surface area (Å²) in [6, 6.07) is 21.7. The molecule has 4 rings (SSSR count). The fourth-order valence-electron chi connectivity index (χ4n) is 3.74. The summed E-state index contributed by atoms with van der Waals surface area (Å²) >= 11 is 0. The van der Waals surface area contributed by atoms with Crippen molar-refractivity contribution in [3.8, 4) is 17.0 Å². The van der Waals surface area contributed by atoms with E-state index >= 15 is 0 Å². The molecule has 1 N–H and O–H groups in total. The van der Waals surface area contributed by atoms with Gasteiger partial charge in [-0.2, -0.15) is 0 Å². The predicted molar refractivity (Wildman–Crippen MR) is 117 cm³/mol. The first-order valence-electron chi connectivity index (χ1n) is 10.3. The quantitative estimate of drug-likeness (QED) is 0.681. The lowest BCUT2D eigenvalue weighted by Gasteiger charge is -2.32. The number of rotatable bonds is 6. The largest absolute Gasteiger partial charge is 0.497 e. The smallest absolute Gasteiger partial charge is 0.225 e. The number of hydrogen-bond donors (Lipinski definition) is 1. The Hall–Kier alpha value is -3.41. The van der Waals surface area contributed by atoms with Gasteiger partial charge in [-0.05, 0) is 54.8 Å². The second kappa shape index (κ2) is 9.39. The number of nitrogens with zero attached hydrogens (tertiary/aromatic N) is 3. The molecule has 1 amide bonds. The van der Waals surface area contributed by atoms with Crippen molar-refractivity contribution in [3.05, 3.63) is 72.3 Å². The van der Waals surface area contributed by atoms with Crippen LogP contribution in [-0.4, -0.2) is 36.3 Å². The number of methoxy groups -OCH3 is 1. The topological polar surface area (TPSA) is 67.3 Å². The minimum atomic E-state index is -0.0365. The Bertz CT molecular complexity index is 959. The number of carbonyl (C=O) groups excluding carboxylic acids is 1. The molecule has 1 saturated heterocycles. The van der Waals surface area contributed by atoms with Crippen LogP contribution in [0.4, 0.5) is 5.82 Å². The van der Waals surface area contributed by atoms with Gasteiger partial charge in [0.1, 0.15) is 5.75 Å². The van der Waals surface area contributed by atoms with Crippen LogP contribution in [0.2, 0.25) is 0 Å². The number of aromatic nitrogens is 2. The molecule has 0 bridgehead atoms. The van der Waals surface area contributed by atoms with Crippen LogP contribution in [0.15, 0.2) is 66.7 Å². The third-order valence-electron chi connectivity index (χ3n) is 5.46. The summed E-state index contributed by atoms with van der Waals surface area (Å²) in [6.07, 6.45) is 1.86. The van der Waals surface area contributed by atoms with Gasteiger partial charge in [0.05, 0.1) is 18.7 Å². The first-order chi connectivity index (χ1) is 14.7. The molecule has 3 aromatic rings. The molecule has 0 radical (unpaired) electrons. The molecule has 1 fully saturated rings. The number of anilines is 1. The second-order valence-corrected chi connectivity index (χ2v) is 7.49. The van der Waals surface area contributed by atoms with Crippen molar-refractivity contribution in [2.24, 2.45) is 5.92 Å². The van der Waals surface area contributed by atoms with Gasteiger partial charge in [0.15, 0.2) is 5.82 Å². The van der Waals surface area contributed by atoms with Crippen LogP contribution in [-0.2, 0) is 11.3 Å². The normalized spacial score (nSPS) is 16.2. The van der Waals surface area contributed by atoms with E-state index in [0.29, 0.717) is 13.1 Å². The molecule has 1 aliphatic rings. The average molecular weight is 402 g/mol. The van der Waals surface area contributed by atoms with Crippen LogP contribution in [0.25, 0.3) is 11.3 Å². The number of hydrogen-bond acceptors (Lipinski definition) is 5. The van der Waals surface area contributed by atoms with Gasteiger partial charge >= 0.3 is 0 Å². The maximum atomic E-state index is 12.7. The fraction of sp³-hybridized carbons (Fsp3) is 0.292. The van der Waals surface area contributed by atoms with Crippen LogP contribution < -0.4 is 15.0 Å². The summed E-state index contributed by atoms with van der Waals surface area (Å²) in [5, 5.41) is 11.9. The van der Waals surface area contributed by atoms with Crippen molar-refractivity contribution < 1.29 is 9.53 Å². The molecule has 2 heterocycles. The lowest BCUT2D eigenvalue weighted by Crippen LogP contribution is -2.43. The highest BCUT2D eigenvalue weighted by molar-refractivity contribution is 5.79. The minimum Gasteiger partial charge on any atom is -0.497 e. The predicted octanol–water partition coefficient (Wildman–Crippen LogP) is 3.69. The average Bonchev–Trinajstić information content (AvgIpc) is 2.83. The third kappa shape index (κ3) is 4.76. The molecule has 1 aliphatic heterocycles. The van der Waals surface area contributed by atoms with Gasteiger partial charge in [0, 0.05) is 25.2 Å². The maximum Gasteiger partial charge on any atom is 0.225 e. The van der Waals surface area contributed by atoms with E-state index in [-0.39, 0.29) is 11.8 Å². The van der Waals surface area contributed by atoms with Crippen molar-refractivity contribution in [2.75, 3.05) is 25.1 Å². The molecule has 2 aromatic carbocycles. The maximum absolute atomic E-state index is 12.7. The van der Waals surface area contributed by atoms with Crippen molar-refractivity contribution in [1.29, 1.82) is 0 Å². The highest BCUT2D eigenvalue weighted by Crippen LogP contribution is 2.24. The van der Waals surface area contributed by atoms with E-state index in [1.165, 1.54) is 0 Å². The fourth-order valence-corrected chi connectivity index (χ4v) is 3.74. The zero-order chi connectivity index (χ0) is 20.8. The summed E-state index contributed by atoms with van der Waals surface area (Å²) in [5.41, 5.74) is 2.92. The summed E-state index contributed by atoms with van der Waals surface area (Å²) < 4.78 is 5.20. The molecule has 0 spiro atoms. The Morgan fingerprint density at radius 1 is 1.07 bits per heavy atom. The Morgan fingerprint density at radius 2 is 1.87 bits per heavy atom. The van der Waals surface area contributed by atoms with Crippen molar-refractivity contribution >= 4 is 11.7 Å². The lowest BCUT2D eigenvalue weighted by atomic mass is 9.97. The Kier molecular flexibility index (Phi) is 6.23. The summed E-state index contributed by atoms with van der Waals surface area (Å²) in [7, 11) is 1.65. The van der Waals surface area contributed by atoms with E-state index in [0.717, 1.165) is 47.8 Å². The molecular formula is C24H26N4O2. The first-order valence-corrected chi connectivity index (χ1v) is 10.3. The van der Waals surface area contributed by atoms with E-state index in [2.05, 4.69) is 20.4 Å². The van der Waals surface area contributed by atoms with Gasteiger partial charge in [-0.15, -0.1) is 10.2 Å². The SMILES string of the molecule is COc1ccc(-c2ccc(N3CCCC(C(=O)NCc4ccccc4)C3)nn2)cc1. The molecule has 30 heavy (non-hydrogen) atoms. The number of piperidine rings is 1. The van der Waals surface area contributed by atoms with Gasteiger partial charge in [-0.25, -0.2) is 0 Å². The standard InChI is InChI=1S/C24H26N4O2/c1-30-21-11-9-19(10-12-21)22-13-14-23(27-26-22)28-15-5-8-20(17-28)24(29)25-16-18-6-3-2-4-7-18/h2-4,6-7,9-14,20H,5,8,15-17H2,1H3,(H,25,29). The number of nitrogens with one attached hydrogen (secondary N) is 1. The lowest BCUT2D eigenvalue weighted by molar-refractivity contribution is -0.125. The zero-order valence-corrected chi connectivity index (χ0v) is 17.1. The first kappa shape index (κ1) is 19.9. The van der Waals surface area contributed by atoms with E-state index in [1.54, 1.807) is 7.11 Å². The van der Waals surface area contributed by atoms with Crippen molar-refractivity contribution in [2.45, 2.75) is 19.4 Å². The molecule has 6 nitrogen and oxygen atoms in total. The molecule has 1 atom stereocenters. The highest BCUT2D eigenvalue weighted by atomic mass is 16.5. The molecule has 1 aromatic heterocycles. The summed E-state index contributed by atoms with van der Waals surface area (Å²) in [5.74, 6) is 1.69. The number of amides is 1. The van der Waals surface area contributed by atoms with Crippen LogP contribution >= 0.6 is 0 Å². The summed E-state index contributed by atoms with van der Waals surface area (Å²) in [4.78, 5) is 14.8. The number of ether oxygens (including phenoxy) is 1. The summed E-state index contributed by atoms with van der Waals surface area (Å²) in [6.45, 7) is 2.11. The van der Waals surface area contributed by atoms with Gasteiger partial charge in [-0.1, -0.05) is 30.3 Å². The minimum absolute atomic E-state index is 0.0365. The zero-order valence-electron chi connectivity index (χ0n) is 17.1. The molecule has 0 saturated carbocycles. The van der Waals surface area contributed by atoms with Crippen LogP contribution in [0.5, 0.6) is 5.75 Å². The Morgan fingerprint density at radius 3 is 2.57 bits per heavy atom. The second-order valence-electron chi connectivity index (χ2n) is 7.49. The third-order valence-corrected chi connectivity index (χ3v) is 5.46. The van der Waals surface area contributed by atoms with Crippen LogP contribution in [0.3, 0.4) is 0 Å². The Labute approximate surface area is 176 Å². The number of benzene rings is 2. The van der Waals surface area contributed by atoms with E-state index < -0.39 is 0 Å².